The van der Waals surface area contributed by atoms with Gasteiger partial charge in [0.25, 0.3) is 0 Å². The van der Waals surface area contributed by atoms with E-state index in [4.69, 9.17) is 14.6 Å². The molecule has 0 saturated carbocycles. The number of aromatic nitrogens is 2. The number of hydrogen-bond donors (Lipinski definition) is 1. The summed E-state index contributed by atoms with van der Waals surface area (Å²) in [5.74, 6) is -0.947. The molecule has 23 heavy (non-hydrogen) atoms. The van der Waals surface area contributed by atoms with Gasteiger partial charge in [-0.2, -0.15) is 0 Å². The van der Waals surface area contributed by atoms with Gasteiger partial charge >= 0.3 is 5.97 Å². The van der Waals surface area contributed by atoms with E-state index >= 15 is 0 Å². The monoisotopic (exact) mass is 334 g/mol. The van der Waals surface area contributed by atoms with Crippen molar-refractivity contribution in [1.29, 1.82) is 0 Å². The van der Waals surface area contributed by atoms with Crippen LogP contribution in [0.3, 0.4) is 0 Å². The third-order valence-electron chi connectivity index (χ3n) is 3.58. The molecule has 1 N–H and O–H groups in total. The summed E-state index contributed by atoms with van der Waals surface area (Å²) in [6, 6.07) is 6.72. The van der Waals surface area contributed by atoms with E-state index in [9.17, 15) is 4.79 Å². The first-order valence-electron chi connectivity index (χ1n) is 7.62. The third kappa shape index (κ3) is 4.34. The first-order chi connectivity index (χ1) is 11.2. The minimum absolute atomic E-state index is 0.0941. The summed E-state index contributed by atoms with van der Waals surface area (Å²) in [5, 5.41) is 18.9. The number of carbonyl (C=O) groups is 1. The summed E-state index contributed by atoms with van der Waals surface area (Å²) in [6.07, 6.45) is 3.78. The molecule has 122 valence electrons. The lowest BCUT2D eigenvalue weighted by Crippen LogP contribution is -2.23. The number of nitrogens with zero attached hydrogens (tertiary/aromatic N) is 2. The number of ether oxygens (including phenoxy) is 2. The van der Waals surface area contributed by atoms with Gasteiger partial charge in [-0.1, -0.05) is 23.5 Å². The first-order valence-corrected chi connectivity index (χ1v) is 8.43. The van der Waals surface area contributed by atoms with Crippen molar-refractivity contribution in [2.45, 2.75) is 32.0 Å². The Labute approximate surface area is 138 Å². The zero-order valence-electron chi connectivity index (χ0n) is 12.6. The van der Waals surface area contributed by atoms with Gasteiger partial charge < -0.3 is 14.6 Å². The molecule has 0 aliphatic carbocycles. The molecular formula is C16H18N2O4S. The van der Waals surface area contributed by atoms with E-state index in [2.05, 4.69) is 10.2 Å². The molecule has 6 nitrogen and oxygen atoms in total. The second kappa shape index (κ2) is 7.63. The van der Waals surface area contributed by atoms with Gasteiger partial charge in [-0.3, -0.25) is 0 Å². The van der Waals surface area contributed by atoms with Crippen molar-refractivity contribution in [1.82, 2.24) is 10.2 Å². The lowest BCUT2D eigenvalue weighted by atomic mass is 10.1. The average Bonchev–Trinajstić information content (AvgIpc) is 3.05. The molecule has 2 heterocycles. The van der Waals surface area contributed by atoms with Gasteiger partial charge in [0.2, 0.25) is 0 Å². The smallest absolute Gasteiger partial charge is 0.335 e. The van der Waals surface area contributed by atoms with E-state index in [0.29, 0.717) is 13.0 Å². The molecule has 1 aromatic carbocycles. The highest BCUT2D eigenvalue weighted by molar-refractivity contribution is 7.14. The van der Waals surface area contributed by atoms with Crippen molar-refractivity contribution in [3.63, 3.8) is 0 Å². The molecule has 3 rings (SSSR count). The second-order valence-corrected chi connectivity index (χ2v) is 6.37. The highest BCUT2D eigenvalue weighted by Crippen LogP contribution is 2.25. The molecule has 7 heteroatoms. The van der Waals surface area contributed by atoms with Crippen molar-refractivity contribution >= 4 is 17.3 Å². The molecule has 1 aliphatic rings. The zero-order valence-corrected chi connectivity index (χ0v) is 13.4. The molecule has 2 aromatic rings. The van der Waals surface area contributed by atoms with Crippen LogP contribution in [0.4, 0.5) is 0 Å². The van der Waals surface area contributed by atoms with Crippen LogP contribution in [-0.4, -0.2) is 40.8 Å². The number of carboxylic acid groups (broad SMARTS) is 1. The van der Waals surface area contributed by atoms with Crippen LogP contribution >= 0.6 is 11.3 Å². The standard InChI is InChI=1S/C16H18N2O4S/c19-16(20)12-5-3-4-11(10-12)15-18-17-13(23-15)7-9-22-14-6-1-2-8-21-14/h3-5,10,14H,1-2,6-9H2,(H,19,20). The molecule has 1 aromatic heterocycles. The van der Waals surface area contributed by atoms with E-state index in [1.807, 2.05) is 6.07 Å². The fourth-order valence-electron chi connectivity index (χ4n) is 2.38. The number of carboxylic acids is 1. The Hall–Kier alpha value is -1.83. The van der Waals surface area contributed by atoms with E-state index < -0.39 is 5.97 Å². The lowest BCUT2D eigenvalue weighted by Gasteiger charge is -2.22. The zero-order chi connectivity index (χ0) is 16.1. The van der Waals surface area contributed by atoms with Crippen molar-refractivity contribution < 1.29 is 19.4 Å². The maximum absolute atomic E-state index is 11.0. The van der Waals surface area contributed by atoms with Crippen LogP contribution in [-0.2, 0) is 15.9 Å². The van der Waals surface area contributed by atoms with Gasteiger partial charge in [-0.05, 0) is 31.4 Å². The summed E-state index contributed by atoms with van der Waals surface area (Å²) in [6.45, 7) is 1.32. The highest BCUT2D eigenvalue weighted by atomic mass is 32.1. The Morgan fingerprint density at radius 1 is 1.39 bits per heavy atom. The van der Waals surface area contributed by atoms with Crippen LogP contribution in [0.5, 0.6) is 0 Å². The fourth-order valence-corrected chi connectivity index (χ4v) is 3.19. The van der Waals surface area contributed by atoms with Crippen LogP contribution in [0.2, 0.25) is 0 Å². The summed E-state index contributed by atoms with van der Waals surface area (Å²) in [5.41, 5.74) is 1.02. The predicted molar refractivity (Wildman–Crippen MR) is 85.6 cm³/mol. The summed E-state index contributed by atoms with van der Waals surface area (Å²) < 4.78 is 11.2. The second-order valence-electron chi connectivity index (χ2n) is 5.30. The lowest BCUT2D eigenvalue weighted by molar-refractivity contribution is -0.161. The fraction of sp³-hybridized carbons (Fsp3) is 0.438. The van der Waals surface area contributed by atoms with Crippen molar-refractivity contribution in [3.05, 3.63) is 34.8 Å². The number of hydrogen-bond acceptors (Lipinski definition) is 6. The van der Waals surface area contributed by atoms with Gasteiger partial charge in [-0.15, -0.1) is 10.2 Å². The Morgan fingerprint density at radius 2 is 2.30 bits per heavy atom. The van der Waals surface area contributed by atoms with Crippen LogP contribution in [0.25, 0.3) is 10.6 Å². The molecule has 1 fully saturated rings. The molecule has 1 saturated heterocycles. The maximum Gasteiger partial charge on any atom is 0.335 e. The molecule has 1 aliphatic heterocycles. The normalized spacial score (nSPS) is 18.0. The minimum Gasteiger partial charge on any atom is -0.478 e. The Morgan fingerprint density at radius 3 is 3.09 bits per heavy atom. The van der Waals surface area contributed by atoms with Gasteiger partial charge in [0.1, 0.15) is 10.0 Å². The molecule has 1 unspecified atom stereocenters. The summed E-state index contributed by atoms with van der Waals surface area (Å²) in [4.78, 5) is 11.0. The topological polar surface area (TPSA) is 81.5 Å². The number of rotatable bonds is 6. The van der Waals surface area contributed by atoms with Crippen LogP contribution in [0, 0.1) is 0 Å². The van der Waals surface area contributed by atoms with Crippen molar-refractivity contribution in [3.8, 4) is 10.6 Å². The van der Waals surface area contributed by atoms with E-state index in [0.717, 1.165) is 41.4 Å². The molecule has 0 amide bonds. The molecule has 0 radical (unpaired) electrons. The van der Waals surface area contributed by atoms with E-state index in [1.165, 1.54) is 11.3 Å². The van der Waals surface area contributed by atoms with Crippen molar-refractivity contribution in [2.24, 2.45) is 0 Å². The first kappa shape index (κ1) is 16.0. The van der Waals surface area contributed by atoms with E-state index in [-0.39, 0.29) is 11.9 Å². The van der Waals surface area contributed by atoms with Crippen LogP contribution in [0.15, 0.2) is 24.3 Å². The minimum atomic E-state index is -0.947. The Kier molecular flexibility index (Phi) is 5.32. The predicted octanol–water partition coefficient (Wildman–Crippen LogP) is 2.99. The maximum atomic E-state index is 11.0. The molecule has 0 bridgehead atoms. The summed E-state index contributed by atoms with van der Waals surface area (Å²) in [7, 11) is 0. The SMILES string of the molecule is O=C(O)c1cccc(-c2nnc(CCOC3CCCCO3)s2)c1. The number of benzene rings is 1. The quantitative estimate of drug-likeness (QED) is 0.874. The van der Waals surface area contributed by atoms with Gasteiger partial charge in [0.05, 0.1) is 12.2 Å². The molecular weight excluding hydrogens is 316 g/mol. The van der Waals surface area contributed by atoms with Crippen molar-refractivity contribution in [2.75, 3.05) is 13.2 Å². The number of aromatic carboxylic acids is 1. The van der Waals surface area contributed by atoms with Gasteiger partial charge in [0, 0.05) is 18.6 Å². The van der Waals surface area contributed by atoms with E-state index in [1.54, 1.807) is 18.2 Å². The third-order valence-corrected chi connectivity index (χ3v) is 4.61. The Balaban J connectivity index is 1.57. The van der Waals surface area contributed by atoms with Crippen LogP contribution in [0.1, 0.15) is 34.6 Å². The summed E-state index contributed by atoms with van der Waals surface area (Å²) >= 11 is 1.46. The van der Waals surface area contributed by atoms with Gasteiger partial charge in [0.15, 0.2) is 6.29 Å². The Bertz CT molecular complexity index is 668. The highest BCUT2D eigenvalue weighted by Gasteiger charge is 2.14. The van der Waals surface area contributed by atoms with Crippen LogP contribution < -0.4 is 0 Å². The van der Waals surface area contributed by atoms with Gasteiger partial charge in [-0.25, -0.2) is 4.79 Å². The molecule has 0 spiro atoms. The molecule has 1 atom stereocenters. The largest absolute Gasteiger partial charge is 0.478 e. The average molecular weight is 334 g/mol.